The van der Waals surface area contributed by atoms with Crippen LogP contribution in [0.25, 0.3) is 4.85 Å². The predicted molar refractivity (Wildman–Crippen MR) is 51.9 cm³/mol. The highest BCUT2D eigenvalue weighted by atomic mass is 32.1. The van der Waals surface area contributed by atoms with E-state index in [-0.39, 0.29) is 0 Å². The van der Waals surface area contributed by atoms with Crippen LogP contribution in [-0.4, -0.2) is 0 Å². The fourth-order valence-corrected chi connectivity index (χ4v) is 2.87. The SMILES string of the molecule is [C-]#[N+]c1sc2c(c1C#N)CCCC2. The van der Waals surface area contributed by atoms with Crippen LogP contribution in [0.4, 0.5) is 5.00 Å². The lowest BCUT2D eigenvalue weighted by Crippen LogP contribution is -1.99. The summed E-state index contributed by atoms with van der Waals surface area (Å²) < 4.78 is 0. The van der Waals surface area contributed by atoms with Gasteiger partial charge >= 0.3 is 0 Å². The van der Waals surface area contributed by atoms with Crippen LogP contribution in [0.1, 0.15) is 28.8 Å². The van der Waals surface area contributed by atoms with Crippen LogP contribution in [0.3, 0.4) is 0 Å². The molecular weight excluding hydrogens is 180 g/mol. The normalized spacial score (nSPS) is 14.3. The summed E-state index contributed by atoms with van der Waals surface area (Å²) in [7, 11) is 0. The molecule has 0 N–H and O–H groups in total. The molecule has 3 heteroatoms. The molecule has 1 aliphatic carbocycles. The van der Waals surface area contributed by atoms with Crippen LogP contribution in [0.15, 0.2) is 0 Å². The van der Waals surface area contributed by atoms with Crippen molar-refractivity contribution in [2.45, 2.75) is 25.7 Å². The fraction of sp³-hybridized carbons (Fsp3) is 0.400. The number of hydrogen-bond acceptors (Lipinski definition) is 2. The topological polar surface area (TPSA) is 28.1 Å². The van der Waals surface area contributed by atoms with Gasteiger partial charge in [-0.25, -0.2) is 4.85 Å². The maximum Gasteiger partial charge on any atom is 0.259 e. The van der Waals surface area contributed by atoms with Gasteiger partial charge in [-0.15, -0.1) is 0 Å². The van der Waals surface area contributed by atoms with E-state index >= 15 is 0 Å². The molecule has 0 saturated heterocycles. The summed E-state index contributed by atoms with van der Waals surface area (Å²) in [6, 6.07) is 2.15. The minimum Gasteiger partial charge on any atom is -0.225 e. The molecule has 13 heavy (non-hydrogen) atoms. The first kappa shape index (κ1) is 8.29. The molecular formula is C10H8N2S. The van der Waals surface area contributed by atoms with Crippen LogP contribution in [0.2, 0.25) is 0 Å². The highest BCUT2D eigenvalue weighted by Gasteiger charge is 2.19. The average molecular weight is 188 g/mol. The fourth-order valence-electron chi connectivity index (χ4n) is 1.75. The molecule has 0 aromatic carbocycles. The van der Waals surface area contributed by atoms with E-state index < -0.39 is 0 Å². The number of aryl methyl sites for hydroxylation is 1. The highest BCUT2D eigenvalue weighted by Crippen LogP contribution is 2.39. The molecule has 1 heterocycles. The molecule has 0 amide bonds. The Balaban J connectivity index is 2.60. The second kappa shape index (κ2) is 3.20. The first-order chi connectivity index (χ1) is 6.36. The van der Waals surface area contributed by atoms with E-state index in [9.17, 15) is 0 Å². The molecule has 0 aliphatic heterocycles. The standard InChI is InChI=1S/C10H8N2S/c1-12-10-8(6-11)7-4-2-3-5-9(7)13-10/h2-5H2. The molecule has 0 atom stereocenters. The van der Waals surface area contributed by atoms with Crippen molar-refractivity contribution in [3.63, 3.8) is 0 Å². The van der Waals surface area contributed by atoms with Crippen LogP contribution in [0, 0.1) is 17.9 Å². The highest BCUT2D eigenvalue weighted by molar-refractivity contribution is 7.16. The van der Waals surface area contributed by atoms with Gasteiger partial charge in [-0.05, 0) is 36.1 Å². The molecule has 0 fully saturated rings. The van der Waals surface area contributed by atoms with E-state index in [0.29, 0.717) is 10.6 Å². The van der Waals surface area contributed by atoms with E-state index in [1.165, 1.54) is 22.6 Å². The molecule has 2 rings (SSSR count). The monoisotopic (exact) mass is 188 g/mol. The number of fused-ring (bicyclic) bond motifs is 1. The van der Waals surface area contributed by atoms with Gasteiger partial charge in [0.25, 0.3) is 5.00 Å². The molecule has 2 nitrogen and oxygen atoms in total. The molecule has 0 saturated carbocycles. The van der Waals surface area contributed by atoms with Gasteiger partial charge < -0.3 is 0 Å². The molecule has 1 aromatic heterocycles. The van der Waals surface area contributed by atoms with E-state index in [4.69, 9.17) is 11.8 Å². The summed E-state index contributed by atoms with van der Waals surface area (Å²) in [5.41, 5.74) is 1.81. The summed E-state index contributed by atoms with van der Waals surface area (Å²) in [6.07, 6.45) is 4.42. The van der Waals surface area contributed by atoms with Crippen molar-refractivity contribution in [2.24, 2.45) is 0 Å². The Morgan fingerprint density at radius 1 is 1.38 bits per heavy atom. The van der Waals surface area contributed by atoms with E-state index in [1.54, 1.807) is 0 Å². The van der Waals surface area contributed by atoms with E-state index in [0.717, 1.165) is 24.8 Å². The first-order valence-corrected chi connectivity index (χ1v) is 5.10. The van der Waals surface area contributed by atoms with Crippen LogP contribution >= 0.6 is 11.3 Å². The van der Waals surface area contributed by atoms with Gasteiger partial charge in [0.15, 0.2) is 0 Å². The Morgan fingerprint density at radius 2 is 2.15 bits per heavy atom. The van der Waals surface area contributed by atoms with Crippen molar-refractivity contribution in [3.05, 3.63) is 27.4 Å². The van der Waals surface area contributed by atoms with Gasteiger partial charge in [-0.3, -0.25) is 0 Å². The lowest BCUT2D eigenvalue weighted by Gasteiger charge is -2.10. The number of rotatable bonds is 0. The quantitative estimate of drug-likeness (QED) is 0.575. The average Bonchev–Trinajstić information content (AvgIpc) is 2.55. The number of hydrogen-bond donors (Lipinski definition) is 0. The molecule has 1 aromatic rings. The maximum atomic E-state index is 8.91. The molecule has 64 valence electrons. The molecule has 0 unspecified atom stereocenters. The largest absolute Gasteiger partial charge is 0.259 e. The zero-order chi connectivity index (χ0) is 9.26. The Morgan fingerprint density at radius 3 is 2.85 bits per heavy atom. The zero-order valence-corrected chi connectivity index (χ0v) is 7.95. The van der Waals surface area contributed by atoms with Crippen molar-refractivity contribution in [3.8, 4) is 6.07 Å². The van der Waals surface area contributed by atoms with Crippen molar-refractivity contribution >= 4 is 16.3 Å². The second-order valence-electron chi connectivity index (χ2n) is 3.11. The first-order valence-electron chi connectivity index (χ1n) is 4.29. The number of thiophene rings is 1. The number of nitriles is 1. The molecule has 0 radical (unpaired) electrons. The van der Waals surface area contributed by atoms with Crippen LogP contribution < -0.4 is 0 Å². The Bertz CT molecular complexity index is 417. The summed E-state index contributed by atoms with van der Waals surface area (Å²) in [5.74, 6) is 0. The van der Waals surface area contributed by atoms with E-state index in [2.05, 4.69) is 10.9 Å². The zero-order valence-electron chi connectivity index (χ0n) is 7.13. The summed E-state index contributed by atoms with van der Waals surface area (Å²) in [4.78, 5) is 4.66. The van der Waals surface area contributed by atoms with Gasteiger partial charge in [-0.1, -0.05) is 0 Å². The van der Waals surface area contributed by atoms with Crippen LogP contribution in [-0.2, 0) is 12.8 Å². The van der Waals surface area contributed by atoms with Crippen LogP contribution in [0.5, 0.6) is 0 Å². The summed E-state index contributed by atoms with van der Waals surface area (Å²) in [5, 5.41) is 9.50. The van der Waals surface area contributed by atoms with Gasteiger partial charge in [0.2, 0.25) is 0 Å². The minimum absolute atomic E-state index is 0.592. The Hall–Kier alpha value is -1.32. The Labute approximate surface area is 81.3 Å². The summed E-state index contributed by atoms with van der Waals surface area (Å²) >= 11 is 1.51. The second-order valence-corrected chi connectivity index (χ2v) is 4.20. The molecule has 1 aliphatic rings. The van der Waals surface area contributed by atoms with Gasteiger partial charge in [0.05, 0.1) is 18.2 Å². The molecule has 0 spiro atoms. The third-order valence-electron chi connectivity index (χ3n) is 2.37. The number of nitrogens with zero attached hydrogens (tertiary/aromatic N) is 2. The van der Waals surface area contributed by atoms with Crippen molar-refractivity contribution in [1.82, 2.24) is 0 Å². The smallest absolute Gasteiger partial charge is 0.225 e. The Kier molecular flexibility index (Phi) is 2.04. The third-order valence-corrected chi connectivity index (χ3v) is 3.55. The minimum atomic E-state index is 0.592. The van der Waals surface area contributed by atoms with E-state index in [1.807, 2.05) is 0 Å². The lowest BCUT2D eigenvalue weighted by molar-refractivity contribution is 0.696. The maximum absolute atomic E-state index is 8.91. The summed E-state index contributed by atoms with van der Waals surface area (Å²) in [6.45, 7) is 6.95. The van der Waals surface area contributed by atoms with Gasteiger partial charge in [0.1, 0.15) is 0 Å². The van der Waals surface area contributed by atoms with Crippen molar-refractivity contribution < 1.29 is 0 Å². The lowest BCUT2D eigenvalue weighted by atomic mass is 9.96. The third kappa shape index (κ3) is 1.22. The predicted octanol–water partition coefficient (Wildman–Crippen LogP) is 3.05. The van der Waals surface area contributed by atoms with Gasteiger partial charge in [0, 0.05) is 0 Å². The molecule has 0 bridgehead atoms. The van der Waals surface area contributed by atoms with Gasteiger partial charge in [-0.2, -0.15) is 16.6 Å². The van der Waals surface area contributed by atoms with Crippen molar-refractivity contribution in [1.29, 1.82) is 5.26 Å². The van der Waals surface area contributed by atoms with Crippen molar-refractivity contribution in [2.75, 3.05) is 0 Å².